The average Bonchev–Trinajstić information content (AvgIpc) is 3.40. The fraction of sp³-hybridized carbons (Fsp3) is 0.273. The molecule has 2 aromatic rings. The summed E-state index contributed by atoms with van der Waals surface area (Å²) < 4.78 is 6.88. The van der Waals surface area contributed by atoms with E-state index in [9.17, 15) is 4.79 Å². The number of hydrazone groups is 1. The molecule has 0 bridgehead atoms. The van der Waals surface area contributed by atoms with Crippen molar-refractivity contribution in [2.45, 2.75) is 19.8 Å². The first-order valence-corrected chi connectivity index (χ1v) is 11.7. The van der Waals surface area contributed by atoms with Crippen LogP contribution >= 0.6 is 27.7 Å². The van der Waals surface area contributed by atoms with Gasteiger partial charge in [0.25, 0.3) is 5.91 Å². The second kappa shape index (κ2) is 8.12. The number of benzene rings is 1. The van der Waals surface area contributed by atoms with Crippen molar-refractivity contribution in [3.05, 3.63) is 52.2 Å². The summed E-state index contributed by atoms with van der Waals surface area (Å²) in [5.74, 6) is 1.46. The summed E-state index contributed by atoms with van der Waals surface area (Å²) in [5.41, 5.74) is 1.09. The maximum Gasteiger partial charge on any atom is 0.283 e. The van der Waals surface area contributed by atoms with E-state index in [2.05, 4.69) is 37.8 Å². The molecule has 0 spiro atoms. The number of amidine groups is 3. The molecule has 31 heavy (non-hydrogen) atoms. The normalized spacial score (nSPS) is 20.9. The zero-order valence-corrected chi connectivity index (χ0v) is 19.2. The van der Waals surface area contributed by atoms with Crippen molar-refractivity contribution in [3.63, 3.8) is 0 Å². The first kappa shape index (κ1) is 20.3. The Labute approximate surface area is 192 Å². The van der Waals surface area contributed by atoms with Crippen molar-refractivity contribution in [2.75, 3.05) is 13.1 Å². The van der Waals surface area contributed by atoms with Crippen LogP contribution in [0.1, 0.15) is 25.5 Å². The minimum absolute atomic E-state index is 0.0180. The summed E-state index contributed by atoms with van der Waals surface area (Å²) in [4.78, 5) is 19.0. The zero-order valence-electron chi connectivity index (χ0n) is 16.8. The van der Waals surface area contributed by atoms with Crippen molar-refractivity contribution in [1.82, 2.24) is 9.91 Å². The number of nitrogens with one attached hydrogen (secondary N) is 1. The van der Waals surface area contributed by atoms with Crippen LogP contribution in [-0.2, 0) is 4.79 Å². The van der Waals surface area contributed by atoms with Gasteiger partial charge in [-0.1, -0.05) is 35.0 Å². The molecule has 3 aliphatic rings. The quantitative estimate of drug-likeness (QED) is 0.588. The number of piperidine rings is 1. The highest BCUT2D eigenvalue weighted by atomic mass is 79.9. The number of aliphatic imine (C=N–C) groups is 1. The van der Waals surface area contributed by atoms with Gasteiger partial charge in [-0.05, 0) is 60.9 Å². The van der Waals surface area contributed by atoms with Gasteiger partial charge in [-0.2, -0.15) is 10.0 Å². The molecule has 0 unspecified atom stereocenters. The van der Waals surface area contributed by atoms with Crippen LogP contribution in [0.5, 0.6) is 0 Å². The summed E-state index contributed by atoms with van der Waals surface area (Å²) in [6.07, 6.45) is 3.80. The number of rotatable bonds is 2. The summed E-state index contributed by atoms with van der Waals surface area (Å²) in [5, 5.41) is 15.8. The van der Waals surface area contributed by atoms with Gasteiger partial charge in [0.2, 0.25) is 5.17 Å². The number of likely N-dealkylation sites (tertiary alicyclic amines) is 1. The maximum atomic E-state index is 12.6. The number of halogens is 1. The third-order valence-corrected chi connectivity index (χ3v) is 7.04. The molecular formula is C22H20BrN5O2S. The minimum atomic E-state index is -0.450. The van der Waals surface area contributed by atoms with Crippen LogP contribution in [0.2, 0.25) is 0 Å². The Morgan fingerprint density at radius 3 is 2.65 bits per heavy atom. The van der Waals surface area contributed by atoms with Crippen LogP contribution < -0.4 is 0 Å². The molecule has 1 amide bonds. The SMILES string of the molecule is CC1CCN(C2=NN3C(=N)/C(=C/c4ccc(-c5ccc(Br)cc5)o4)C(=O)N=C3S2)CC1. The molecule has 9 heteroatoms. The molecule has 1 aromatic carbocycles. The molecule has 0 aliphatic carbocycles. The number of carbonyl (C=O) groups excluding carboxylic acids is 1. The lowest BCUT2D eigenvalue weighted by molar-refractivity contribution is -0.114. The standard InChI is InChI=1S/C22H20BrN5O2S/c1-13-8-10-27(11-9-13)22-26-28-19(24)17(20(29)25-21(28)31-22)12-16-6-7-18(30-16)14-2-4-15(23)5-3-14/h2-7,12-13,24H,8-11H2,1H3/b17-12-,24-19?. The molecule has 1 N–H and O–H groups in total. The van der Waals surface area contributed by atoms with Gasteiger partial charge in [0.1, 0.15) is 11.5 Å². The lowest BCUT2D eigenvalue weighted by atomic mass is 10.00. The molecule has 7 nitrogen and oxygen atoms in total. The molecule has 0 radical (unpaired) electrons. The number of furan rings is 1. The van der Waals surface area contributed by atoms with Crippen molar-refractivity contribution < 1.29 is 9.21 Å². The highest BCUT2D eigenvalue weighted by Gasteiger charge is 2.37. The lowest BCUT2D eigenvalue weighted by Gasteiger charge is -2.30. The summed E-state index contributed by atoms with van der Waals surface area (Å²) in [6.45, 7) is 4.13. The van der Waals surface area contributed by atoms with Crippen LogP contribution in [0.25, 0.3) is 17.4 Å². The molecule has 1 fully saturated rings. The molecule has 158 valence electrons. The fourth-order valence-electron chi connectivity index (χ4n) is 3.65. The van der Waals surface area contributed by atoms with Gasteiger partial charge in [-0.25, -0.2) is 0 Å². The number of hydrogen-bond donors (Lipinski definition) is 1. The van der Waals surface area contributed by atoms with E-state index in [0.717, 1.165) is 41.1 Å². The largest absolute Gasteiger partial charge is 0.457 e. The van der Waals surface area contributed by atoms with E-state index in [1.54, 1.807) is 12.1 Å². The smallest absolute Gasteiger partial charge is 0.283 e. The van der Waals surface area contributed by atoms with Gasteiger partial charge in [-0.3, -0.25) is 10.2 Å². The second-order valence-corrected chi connectivity index (χ2v) is 9.63. The second-order valence-electron chi connectivity index (χ2n) is 7.78. The number of fused-ring (bicyclic) bond motifs is 1. The third kappa shape index (κ3) is 3.99. The average molecular weight is 498 g/mol. The van der Waals surface area contributed by atoms with E-state index >= 15 is 0 Å². The van der Waals surface area contributed by atoms with E-state index in [4.69, 9.17) is 9.83 Å². The summed E-state index contributed by atoms with van der Waals surface area (Å²) in [6, 6.07) is 11.4. The van der Waals surface area contributed by atoms with E-state index < -0.39 is 5.91 Å². The highest BCUT2D eigenvalue weighted by Crippen LogP contribution is 2.32. The Kier molecular flexibility index (Phi) is 5.31. The Hall–Kier alpha value is -2.65. The van der Waals surface area contributed by atoms with E-state index in [1.165, 1.54) is 16.8 Å². The van der Waals surface area contributed by atoms with Crippen molar-refractivity contribution in [3.8, 4) is 11.3 Å². The summed E-state index contributed by atoms with van der Waals surface area (Å²) >= 11 is 4.78. The van der Waals surface area contributed by atoms with Gasteiger partial charge < -0.3 is 9.32 Å². The molecule has 4 heterocycles. The zero-order chi connectivity index (χ0) is 21.5. The molecule has 0 saturated carbocycles. The van der Waals surface area contributed by atoms with E-state index in [1.807, 2.05) is 30.3 Å². The Bertz CT molecular complexity index is 1140. The van der Waals surface area contributed by atoms with Gasteiger partial charge in [0.15, 0.2) is 11.0 Å². The molecule has 5 rings (SSSR count). The molecule has 1 aromatic heterocycles. The highest BCUT2D eigenvalue weighted by molar-refractivity contribution is 9.10. The first-order valence-electron chi connectivity index (χ1n) is 10.1. The van der Waals surface area contributed by atoms with Gasteiger partial charge in [0, 0.05) is 23.1 Å². The topological polar surface area (TPSA) is 85.3 Å². The Morgan fingerprint density at radius 2 is 1.90 bits per heavy atom. The van der Waals surface area contributed by atoms with Gasteiger partial charge in [0.05, 0.1) is 5.57 Å². The Balaban J connectivity index is 1.38. The molecular weight excluding hydrogens is 478 g/mol. The molecule has 0 atom stereocenters. The molecule has 1 saturated heterocycles. The van der Waals surface area contributed by atoms with Crippen LogP contribution in [0, 0.1) is 11.3 Å². The maximum absolute atomic E-state index is 12.6. The van der Waals surface area contributed by atoms with E-state index in [0.29, 0.717) is 22.6 Å². The number of nitrogens with zero attached hydrogens (tertiary/aromatic N) is 4. The van der Waals surface area contributed by atoms with Crippen molar-refractivity contribution in [2.24, 2.45) is 16.0 Å². The monoisotopic (exact) mass is 497 g/mol. The van der Waals surface area contributed by atoms with Crippen LogP contribution in [-0.4, -0.2) is 45.1 Å². The van der Waals surface area contributed by atoms with Crippen LogP contribution in [0.15, 0.2) is 61.0 Å². The van der Waals surface area contributed by atoms with E-state index in [-0.39, 0.29) is 11.4 Å². The number of hydrogen-bond acceptors (Lipinski definition) is 6. The number of amides is 1. The predicted octanol–water partition coefficient (Wildman–Crippen LogP) is 5.02. The van der Waals surface area contributed by atoms with Gasteiger partial charge in [-0.15, -0.1) is 5.10 Å². The predicted molar refractivity (Wildman–Crippen MR) is 127 cm³/mol. The Morgan fingerprint density at radius 1 is 1.16 bits per heavy atom. The summed E-state index contributed by atoms with van der Waals surface area (Å²) in [7, 11) is 0. The lowest BCUT2D eigenvalue weighted by Crippen LogP contribution is -2.36. The number of thioether (sulfide) groups is 1. The fourth-order valence-corrected chi connectivity index (χ4v) is 4.86. The van der Waals surface area contributed by atoms with Crippen molar-refractivity contribution >= 4 is 55.8 Å². The van der Waals surface area contributed by atoms with Gasteiger partial charge >= 0.3 is 0 Å². The van der Waals surface area contributed by atoms with Crippen molar-refractivity contribution in [1.29, 1.82) is 5.41 Å². The van der Waals surface area contributed by atoms with Crippen LogP contribution in [0.4, 0.5) is 0 Å². The van der Waals surface area contributed by atoms with Crippen LogP contribution in [0.3, 0.4) is 0 Å². The number of carbonyl (C=O) groups is 1. The third-order valence-electron chi connectivity index (χ3n) is 5.54. The first-order chi connectivity index (χ1) is 15.0. The molecule has 3 aliphatic heterocycles. The minimum Gasteiger partial charge on any atom is -0.457 e.